The van der Waals surface area contributed by atoms with Gasteiger partial charge >= 0.3 is 6.03 Å². The number of urea groups is 1. The molecule has 0 bridgehead atoms. The highest BCUT2D eigenvalue weighted by Crippen LogP contribution is 2.27. The minimum Gasteiger partial charge on any atom is -0.333 e. The summed E-state index contributed by atoms with van der Waals surface area (Å²) in [6.45, 7) is 0.521. The molecule has 0 fully saturated rings. The Morgan fingerprint density at radius 1 is 1.14 bits per heavy atom. The number of amides is 2. The smallest absolute Gasteiger partial charge is 0.320 e. The second-order valence-corrected chi connectivity index (χ2v) is 6.40. The molecule has 0 radical (unpaired) electrons. The van der Waals surface area contributed by atoms with Gasteiger partial charge in [0, 0.05) is 22.1 Å². The summed E-state index contributed by atoms with van der Waals surface area (Å²) in [6, 6.07) is 11.6. The minimum atomic E-state index is -0.184. The quantitative estimate of drug-likeness (QED) is 0.758. The normalized spacial score (nSPS) is 10.3. The third kappa shape index (κ3) is 3.68. The molecule has 3 rings (SSSR count). The molecule has 3 aromatic rings. The van der Waals surface area contributed by atoms with E-state index in [2.05, 4.69) is 21.7 Å². The molecule has 3 aromatic heterocycles. The highest BCUT2D eigenvalue weighted by molar-refractivity contribution is 7.15. The van der Waals surface area contributed by atoms with E-state index >= 15 is 0 Å². The van der Waals surface area contributed by atoms with Crippen molar-refractivity contribution in [2.75, 3.05) is 5.32 Å². The maximum atomic E-state index is 11.7. The van der Waals surface area contributed by atoms with Crippen molar-refractivity contribution in [2.45, 2.75) is 6.54 Å². The third-order valence-electron chi connectivity index (χ3n) is 2.81. The monoisotopic (exact) mass is 315 g/mol. The summed E-state index contributed by atoms with van der Waals surface area (Å²) in [5.74, 6) is 0. The van der Waals surface area contributed by atoms with Crippen LogP contribution in [-0.2, 0) is 6.54 Å². The lowest BCUT2D eigenvalue weighted by atomic mass is 10.2. The van der Waals surface area contributed by atoms with Gasteiger partial charge in [-0.1, -0.05) is 0 Å². The first-order chi connectivity index (χ1) is 10.3. The lowest BCUT2D eigenvalue weighted by Crippen LogP contribution is -2.27. The first-order valence-corrected chi connectivity index (χ1v) is 8.08. The minimum absolute atomic E-state index is 0.184. The largest absolute Gasteiger partial charge is 0.333 e. The van der Waals surface area contributed by atoms with Crippen LogP contribution in [0, 0.1) is 0 Å². The number of hydrogen-bond acceptors (Lipinski definition) is 4. The second kappa shape index (κ2) is 6.51. The predicted molar refractivity (Wildman–Crippen MR) is 87.7 cm³/mol. The molecule has 0 aromatic carbocycles. The molecule has 0 aliphatic rings. The number of aromatic nitrogens is 1. The molecule has 0 unspecified atom stereocenters. The van der Waals surface area contributed by atoms with Crippen LogP contribution in [0.2, 0.25) is 0 Å². The molecule has 2 N–H and O–H groups in total. The summed E-state index contributed by atoms with van der Waals surface area (Å²) in [5.41, 5.74) is 1.14. The zero-order chi connectivity index (χ0) is 14.5. The zero-order valence-corrected chi connectivity index (χ0v) is 12.7. The van der Waals surface area contributed by atoms with E-state index in [-0.39, 0.29) is 6.03 Å². The Labute approximate surface area is 130 Å². The van der Waals surface area contributed by atoms with Crippen molar-refractivity contribution in [3.05, 3.63) is 59.0 Å². The molecule has 106 valence electrons. The first-order valence-electron chi connectivity index (χ1n) is 6.39. The van der Waals surface area contributed by atoms with Crippen LogP contribution in [0.25, 0.3) is 10.4 Å². The maximum absolute atomic E-state index is 11.7. The van der Waals surface area contributed by atoms with Gasteiger partial charge in [0.1, 0.15) is 0 Å². The number of hydrogen-bond donors (Lipinski definition) is 2. The Balaban J connectivity index is 1.56. The van der Waals surface area contributed by atoms with E-state index in [4.69, 9.17) is 0 Å². The van der Waals surface area contributed by atoms with Crippen molar-refractivity contribution in [1.82, 2.24) is 10.3 Å². The highest BCUT2D eigenvalue weighted by atomic mass is 32.1. The fourth-order valence-corrected chi connectivity index (χ4v) is 3.38. The Morgan fingerprint density at radius 3 is 2.76 bits per heavy atom. The van der Waals surface area contributed by atoms with Gasteiger partial charge in [-0.05, 0) is 47.3 Å². The van der Waals surface area contributed by atoms with Gasteiger partial charge in [0.15, 0.2) is 0 Å². The van der Waals surface area contributed by atoms with E-state index in [0.717, 1.165) is 15.4 Å². The van der Waals surface area contributed by atoms with Crippen LogP contribution in [0.15, 0.2) is 54.2 Å². The Hall–Kier alpha value is -2.18. The van der Waals surface area contributed by atoms with Gasteiger partial charge in [-0.15, -0.1) is 22.7 Å². The zero-order valence-electron chi connectivity index (χ0n) is 11.1. The predicted octanol–water partition coefficient (Wildman–Crippen LogP) is 4.19. The summed E-state index contributed by atoms with van der Waals surface area (Å²) in [5, 5.41) is 8.42. The maximum Gasteiger partial charge on any atom is 0.320 e. The molecule has 0 spiro atoms. The summed E-state index contributed by atoms with van der Waals surface area (Å²) in [7, 11) is 0. The molecule has 0 saturated heterocycles. The molecule has 0 saturated carbocycles. The van der Waals surface area contributed by atoms with Gasteiger partial charge in [0.25, 0.3) is 0 Å². The molecule has 21 heavy (non-hydrogen) atoms. The van der Waals surface area contributed by atoms with Crippen molar-refractivity contribution in [3.8, 4) is 10.4 Å². The Morgan fingerprint density at radius 2 is 2.00 bits per heavy atom. The second-order valence-electron chi connectivity index (χ2n) is 4.29. The van der Waals surface area contributed by atoms with Crippen LogP contribution in [0.5, 0.6) is 0 Å². The van der Waals surface area contributed by atoms with Crippen LogP contribution in [0.1, 0.15) is 4.88 Å². The summed E-state index contributed by atoms with van der Waals surface area (Å²) >= 11 is 3.17. The average Bonchev–Trinajstić information content (AvgIpc) is 3.17. The van der Waals surface area contributed by atoms with Crippen LogP contribution in [-0.4, -0.2) is 11.0 Å². The van der Waals surface area contributed by atoms with Gasteiger partial charge in [-0.3, -0.25) is 10.3 Å². The van der Waals surface area contributed by atoms with E-state index in [1.54, 1.807) is 23.7 Å². The number of carbonyl (C=O) groups is 1. The Kier molecular flexibility index (Phi) is 4.28. The fourth-order valence-electron chi connectivity index (χ4n) is 1.82. The molecule has 3 heterocycles. The fraction of sp³-hybridized carbons (Fsp3) is 0.0667. The molecule has 0 aliphatic heterocycles. The number of carbonyl (C=O) groups excluding carboxylic acids is 1. The lowest BCUT2D eigenvalue weighted by Gasteiger charge is -2.04. The molecule has 2 amide bonds. The Bertz CT molecular complexity index is 708. The van der Waals surface area contributed by atoms with Crippen molar-refractivity contribution in [2.24, 2.45) is 0 Å². The number of anilines is 1. The lowest BCUT2D eigenvalue weighted by molar-refractivity contribution is 0.252. The number of rotatable bonds is 4. The van der Waals surface area contributed by atoms with Crippen molar-refractivity contribution in [1.29, 1.82) is 0 Å². The molecule has 0 aliphatic carbocycles. The van der Waals surface area contributed by atoms with Gasteiger partial charge in [-0.2, -0.15) is 0 Å². The van der Waals surface area contributed by atoms with Crippen LogP contribution >= 0.6 is 22.7 Å². The highest BCUT2D eigenvalue weighted by Gasteiger charge is 2.05. The first kappa shape index (κ1) is 13.8. The van der Waals surface area contributed by atoms with Crippen molar-refractivity contribution >= 4 is 33.7 Å². The summed E-state index contributed by atoms with van der Waals surface area (Å²) in [6.07, 6.45) is 3.56. The van der Waals surface area contributed by atoms with Crippen LogP contribution < -0.4 is 10.6 Å². The van der Waals surface area contributed by atoms with Gasteiger partial charge in [0.05, 0.1) is 11.5 Å². The third-order valence-corrected chi connectivity index (χ3v) is 4.73. The number of pyridine rings is 1. The van der Waals surface area contributed by atoms with Gasteiger partial charge in [-0.25, -0.2) is 4.79 Å². The standard InChI is InChI=1S/C15H13N3OS2/c19-15(18-14-2-1-9-20-14)17-10-12-3-4-13(21-12)11-5-7-16-8-6-11/h1-9H,10H2,(H2,17,18,19). The van der Waals surface area contributed by atoms with Gasteiger partial charge in [0.2, 0.25) is 0 Å². The van der Waals surface area contributed by atoms with Gasteiger partial charge < -0.3 is 5.32 Å². The van der Waals surface area contributed by atoms with Crippen LogP contribution in [0.4, 0.5) is 9.80 Å². The van der Waals surface area contributed by atoms with E-state index in [1.807, 2.05) is 35.7 Å². The molecule has 0 atom stereocenters. The van der Waals surface area contributed by atoms with Crippen LogP contribution in [0.3, 0.4) is 0 Å². The SMILES string of the molecule is O=C(NCc1ccc(-c2ccncc2)s1)Nc1cccs1. The molecule has 4 nitrogen and oxygen atoms in total. The van der Waals surface area contributed by atoms with Crippen molar-refractivity contribution < 1.29 is 4.79 Å². The topological polar surface area (TPSA) is 54.0 Å². The number of nitrogens with one attached hydrogen (secondary N) is 2. The number of nitrogens with zero attached hydrogens (tertiary/aromatic N) is 1. The average molecular weight is 315 g/mol. The molecular formula is C15H13N3OS2. The van der Waals surface area contributed by atoms with E-state index in [1.165, 1.54) is 16.2 Å². The number of thiophene rings is 2. The molecular weight excluding hydrogens is 302 g/mol. The summed E-state index contributed by atoms with van der Waals surface area (Å²) < 4.78 is 0. The van der Waals surface area contributed by atoms with E-state index < -0.39 is 0 Å². The summed E-state index contributed by atoms with van der Waals surface area (Å²) in [4.78, 5) is 18.0. The molecule has 6 heteroatoms. The van der Waals surface area contributed by atoms with Crippen molar-refractivity contribution in [3.63, 3.8) is 0 Å². The van der Waals surface area contributed by atoms with E-state index in [0.29, 0.717) is 6.54 Å². The van der Waals surface area contributed by atoms with E-state index in [9.17, 15) is 4.79 Å².